The van der Waals surface area contributed by atoms with E-state index in [1.807, 2.05) is 64.4 Å². The van der Waals surface area contributed by atoms with Gasteiger partial charge in [0.25, 0.3) is 0 Å². The average molecular weight is 356 g/mol. The first-order chi connectivity index (χ1) is 12.7. The number of nitrogens with zero attached hydrogens (tertiary/aromatic N) is 1. The summed E-state index contributed by atoms with van der Waals surface area (Å²) < 4.78 is 9.50. The zero-order chi connectivity index (χ0) is 19.9. The highest BCUT2D eigenvalue weighted by molar-refractivity contribution is 5.89. The second-order valence-electron chi connectivity index (χ2n) is 4.82. The van der Waals surface area contributed by atoms with Crippen LogP contribution in [-0.2, 0) is 0 Å². The van der Waals surface area contributed by atoms with Gasteiger partial charge in [0, 0.05) is 28.9 Å². The molecule has 0 aliphatic carbocycles. The molecule has 0 atom stereocenters. The van der Waals surface area contributed by atoms with Gasteiger partial charge in [0.2, 0.25) is 0 Å². The number of benzene rings is 1. The molecule has 2 N–H and O–H groups in total. The SMILES string of the molecule is C/C=C/c1c[nH]c2ncc(-c3cccc(O)c3)cc12.C=CC.CC.CF. The molecule has 0 amide bonds. The zero-order valence-corrected chi connectivity index (χ0v) is 16.3. The van der Waals surface area contributed by atoms with Gasteiger partial charge >= 0.3 is 0 Å². The van der Waals surface area contributed by atoms with E-state index in [9.17, 15) is 9.50 Å². The maximum absolute atomic E-state index is 9.55. The van der Waals surface area contributed by atoms with Gasteiger partial charge in [-0.05, 0) is 37.6 Å². The summed E-state index contributed by atoms with van der Waals surface area (Å²) in [6.07, 6.45) is 9.56. The van der Waals surface area contributed by atoms with Gasteiger partial charge in [0.1, 0.15) is 11.4 Å². The second kappa shape index (κ2) is 13.4. The van der Waals surface area contributed by atoms with E-state index in [2.05, 4.69) is 22.6 Å². The summed E-state index contributed by atoms with van der Waals surface area (Å²) in [6.45, 7) is 11.2. The van der Waals surface area contributed by atoms with Crippen LogP contribution in [0.15, 0.2) is 61.5 Å². The van der Waals surface area contributed by atoms with E-state index in [-0.39, 0.29) is 5.75 Å². The van der Waals surface area contributed by atoms with Crippen LogP contribution in [0.1, 0.15) is 33.3 Å². The van der Waals surface area contributed by atoms with Crippen molar-refractivity contribution in [3.8, 4) is 16.9 Å². The maximum Gasteiger partial charge on any atom is 0.137 e. The molecule has 3 nitrogen and oxygen atoms in total. The lowest BCUT2D eigenvalue weighted by atomic mass is 10.1. The molecule has 2 aromatic heterocycles. The topological polar surface area (TPSA) is 48.9 Å². The molecule has 0 bridgehead atoms. The van der Waals surface area contributed by atoms with Crippen LogP contribution in [0.25, 0.3) is 28.2 Å². The molecule has 0 saturated heterocycles. The Morgan fingerprint density at radius 2 is 1.77 bits per heavy atom. The number of aromatic amines is 1. The summed E-state index contributed by atoms with van der Waals surface area (Å²) in [5, 5.41) is 10.6. The molecule has 4 heteroatoms. The minimum absolute atomic E-state index is 0.264. The van der Waals surface area contributed by atoms with E-state index >= 15 is 0 Å². The summed E-state index contributed by atoms with van der Waals surface area (Å²) in [6, 6.07) is 9.29. The molecule has 0 aliphatic heterocycles. The Kier molecular flexibility index (Phi) is 11.9. The number of aromatic hydroxyl groups is 1. The lowest BCUT2D eigenvalue weighted by Crippen LogP contribution is -1.82. The van der Waals surface area contributed by atoms with Gasteiger partial charge in [-0.2, -0.15) is 0 Å². The highest BCUT2D eigenvalue weighted by atomic mass is 19.1. The first kappa shape index (κ1) is 23.1. The van der Waals surface area contributed by atoms with Gasteiger partial charge in [-0.25, -0.2) is 4.98 Å². The van der Waals surface area contributed by atoms with Crippen molar-refractivity contribution in [2.75, 3.05) is 7.18 Å². The average Bonchev–Trinajstić information content (AvgIpc) is 3.08. The summed E-state index contributed by atoms with van der Waals surface area (Å²) in [7, 11) is 0.500. The molecule has 26 heavy (non-hydrogen) atoms. The van der Waals surface area contributed by atoms with E-state index in [1.165, 1.54) is 0 Å². The van der Waals surface area contributed by atoms with Crippen molar-refractivity contribution in [2.24, 2.45) is 0 Å². The van der Waals surface area contributed by atoms with Gasteiger partial charge in [0.05, 0.1) is 7.18 Å². The smallest absolute Gasteiger partial charge is 0.137 e. The first-order valence-corrected chi connectivity index (χ1v) is 8.53. The first-order valence-electron chi connectivity index (χ1n) is 8.53. The predicted molar refractivity (Wildman–Crippen MR) is 112 cm³/mol. The molecule has 2 heterocycles. The van der Waals surface area contributed by atoms with E-state index < -0.39 is 0 Å². The van der Waals surface area contributed by atoms with Gasteiger partial charge in [-0.1, -0.05) is 44.2 Å². The highest BCUT2D eigenvalue weighted by Gasteiger charge is 2.05. The molecule has 0 unspecified atom stereocenters. The zero-order valence-electron chi connectivity index (χ0n) is 16.3. The van der Waals surface area contributed by atoms with E-state index in [1.54, 1.807) is 18.2 Å². The molecule has 0 radical (unpaired) electrons. The van der Waals surface area contributed by atoms with Crippen LogP contribution < -0.4 is 0 Å². The number of rotatable bonds is 2. The Labute approximate surface area is 155 Å². The number of halogens is 1. The van der Waals surface area contributed by atoms with Gasteiger partial charge < -0.3 is 10.1 Å². The van der Waals surface area contributed by atoms with Gasteiger partial charge in [0.15, 0.2) is 0 Å². The number of alkyl halides is 1. The van der Waals surface area contributed by atoms with E-state index in [0.29, 0.717) is 7.18 Å². The lowest BCUT2D eigenvalue weighted by molar-refractivity contribution is 0.475. The Morgan fingerprint density at radius 1 is 1.12 bits per heavy atom. The second-order valence-corrected chi connectivity index (χ2v) is 4.82. The molecule has 0 saturated carbocycles. The third kappa shape index (κ3) is 6.55. The fourth-order valence-electron chi connectivity index (χ4n) is 2.18. The third-order valence-electron chi connectivity index (χ3n) is 3.09. The quantitative estimate of drug-likeness (QED) is 0.498. The summed E-state index contributed by atoms with van der Waals surface area (Å²) in [5.41, 5.74) is 3.94. The Hall–Kier alpha value is -2.88. The van der Waals surface area contributed by atoms with Crippen LogP contribution >= 0.6 is 0 Å². The summed E-state index contributed by atoms with van der Waals surface area (Å²) in [5.74, 6) is 0.264. The molecular formula is C22H29FN2O. The standard InChI is InChI=1S/C16H14N2O.C3H6.C2H6.CH3F/c1-2-4-12-9-17-16-15(12)8-13(10-18-16)11-5-3-6-14(19)7-11;1-3-2;2*1-2/h2-10,19H,1H3,(H,17,18);3H,1H2,2H3;1-2H3;1H3/b4-2+;;;. The van der Waals surface area contributed by atoms with Crippen molar-refractivity contribution in [3.05, 3.63) is 67.0 Å². The van der Waals surface area contributed by atoms with Crippen LogP contribution in [0, 0.1) is 0 Å². The fourth-order valence-corrected chi connectivity index (χ4v) is 2.18. The van der Waals surface area contributed by atoms with Crippen molar-refractivity contribution in [1.29, 1.82) is 0 Å². The fraction of sp³-hybridized carbons (Fsp3) is 0.227. The minimum atomic E-state index is 0.264. The van der Waals surface area contributed by atoms with Crippen LogP contribution in [0.2, 0.25) is 0 Å². The molecule has 0 aliphatic rings. The minimum Gasteiger partial charge on any atom is -0.508 e. The summed E-state index contributed by atoms with van der Waals surface area (Å²) in [4.78, 5) is 7.57. The number of phenolic OH excluding ortho intramolecular Hbond substituents is 1. The maximum atomic E-state index is 9.55. The number of phenols is 1. The van der Waals surface area contributed by atoms with Crippen molar-refractivity contribution >= 4 is 17.1 Å². The Morgan fingerprint density at radius 3 is 2.35 bits per heavy atom. The molecule has 0 fully saturated rings. The molecule has 1 aromatic carbocycles. The largest absolute Gasteiger partial charge is 0.508 e. The van der Waals surface area contributed by atoms with Crippen molar-refractivity contribution < 1.29 is 9.50 Å². The van der Waals surface area contributed by atoms with Crippen LogP contribution in [0.4, 0.5) is 4.39 Å². The molecule has 0 spiro atoms. The monoisotopic (exact) mass is 356 g/mol. The normalized spacial score (nSPS) is 9.31. The number of aromatic nitrogens is 2. The number of H-pyrrole nitrogens is 1. The van der Waals surface area contributed by atoms with Gasteiger partial charge in [-0.3, -0.25) is 4.39 Å². The lowest BCUT2D eigenvalue weighted by Gasteiger charge is -2.02. The van der Waals surface area contributed by atoms with Crippen molar-refractivity contribution in [3.63, 3.8) is 0 Å². The number of fused-ring (bicyclic) bond motifs is 1. The van der Waals surface area contributed by atoms with E-state index in [4.69, 9.17) is 0 Å². The molecule has 140 valence electrons. The predicted octanol–water partition coefficient (Wildman–Crippen LogP) is 6.77. The summed E-state index contributed by atoms with van der Waals surface area (Å²) >= 11 is 0. The third-order valence-corrected chi connectivity index (χ3v) is 3.09. The number of allylic oxidation sites excluding steroid dienone is 2. The Balaban J connectivity index is 0.000000793. The number of hydrogen-bond donors (Lipinski definition) is 2. The number of pyridine rings is 1. The van der Waals surface area contributed by atoms with Gasteiger partial charge in [-0.15, -0.1) is 6.58 Å². The highest BCUT2D eigenvalue weighted by Crippen LogP contribution is 2.27. The molecule has 3 aromatic rings. The molecular weight excluding hydrogens is 327 g/mol. The number of hydrogen-bond acceptors (Lipinski definition) is 2. The van der Waals surface area contributed by atoms with Crippen LogP contribution in [-0.4, -0.2) is 22.3 Å². The Bertz CT molecular complexity index is 807. The van der Waals surface area contributed by atoms with Crippen molar-refractivity contribution in [2.45, 2.75) is 27.7 Å². The molecule has 3 rings (SSSR count). The van der Waals surface area contributed by atoms with E-state index in [0.717, 1.165) is 27.7 Å². The number of nitrogens with one attached hydrogen (secondary N) is 1. The van der Waals surface area contributed by atoms with Crippen molar-refractivity contribution in [1.82, 2.24) is 9.97 Å². The van der Waals surface area contributed by atoms with Crippen LogP contribution in [0.5, 0.6) is 5.75 Å². The van der Waals surface area contributed by atoms with Crippen LogP contribution in [0.3, 0.4) is 0 Å².